The van der Waals surface area contributed by atoms with E-state index in [9.17, 15) is 19.5 Å². The molecule has 0 bridgehead atoms. The molecule has 0 aliphatic heterocycles. The molecule has 1 aliphatic carbocycles. The van der Waals surface area contributed by atoms with Gasteiger partial charge in [-0.25, -0.2) is 4.79 Å². The Bertz CT molecular complexity index is 1180. The molecule has 2 aromatic rings. The molecule has 0 saturated heterocycles. The van der Waals surface area contributed by atoms with Crippen molar-refractivity contribution in [3.05, 3.63) is 65.2 Å². The first-order chi connectivity index (χ1) is 18.1. The highest BCUT2D eigenvalue weighted by atomic mass is 16.6. The predicted octanol–water partition coefficient (Wildman–Crippen LogP) is 5.03. The largest absolute Gasteiger partial charge is 0.508 e. The molecule has 3 amide bonds. The molecule has 39 heavy (non-hydrogen) atoms. The minimum atomic E-state index is -0.960. The molecular weight excluding hydrogens is 494 g/mol. The first-order valence-electron chi connectivity index (χ1n) is 13.5. The molecule has 212 valence electrons. The molecule has 1 saturated carbocycles. The highest BCUT2D eigenvalue weighted by Crippen LogP contribution is 2.41. The fraction of sp³-hybridized carbons (Fsp3) is 0.516. The van der Waals surface area contributed by atoms with Crippen LogP contribution in [0.2, 0.25) is 0 Å². The normalized spacial score (nSPS) is 18.5. The second kappa shape index (κ2) is 11.7. The number of nitrogens with zero attached hydrogens (tertiary/aromatic N) is 1. The third-order valence-corrected chi connectivity index (χ3v) is 6.51. The van der Waals surface area contributed by atoms with E-state index in [0.717, 1.165) is 12.0 Å². The monoisotopic (exact) mass is 537 g/mol. The molecule has 0 heterocycles. The van der Waals surface area contributed by atoms with Crippen LogP contribution in [-0.2, 0) is 20.7 Å². The van der Waals surface area contributed by atoms with Gasteiger partial charge in [-0.05, 0) is 89.6 Å². The van der Waals surface area contributed by atoms with Crippen LogP contribution < -0.4 is 10.6 Å². The van der Waals surface area contributed by atoms with Crippen molar-refractivity contribution >= 4 is 17.9 Å². The van der Waals surface area contributed by atoms with Crippen molar-refractivity contribution in [1.29, 1.82) is 0 Å². The van der Waals surface area contributed by atoms with E-state index in [1.165, 1.54) is 0 Å². The lowest BCUT2D eigenvalue weighted by molar-refractivity contribution is -0.144. The van der Waals surface area contributed by atoms with Crippen LogP contribution in [0.1, 0.15) is 77.6 Å². The molecule has 8 heteroatoms. The smallest absolute Gasteiger partial charge is 0.408 e. The predicted molar refractivity (Wildman–Crippen MR) is 151 cm³/mol. The van der Waals surface area contributed by atoms with Crippen LogP contribution >= 0.6 is 0 Å². The van der Waals surface area contributed by atoms with E-state index < -0.39 is 29.3 Å². The summed E-state index contributed by atoms with van der Waals surface area (Å²) in [6.07, 6.45) is 0.280. The van der Waals surface area contributed by atoms with Crippen molar-refractivity contribution in [2.24, 2.45) is 5.92 Å². The van der Waals surface area contributed by atoms with Crippen molar-refractivity contribution in [1.82, 2.24) is 15.5 Å². The van der Waals surface area contributed by atoms with E-state index in [2.05, 4.69) is 10.6 Å². The topological polar surface area (TPSA) is 108 Å². The molecule has 1 aliphatic rings. The van der Waals surface area contributed by atoms with Crippen LogP contribution in [0, 0.1) is 12.8 Å². The summed E-state index contributed by atoms with van der Waals surface area (Å²) in [5.74, 6) is -0.384. The van der Waals surface area contributed by atoms with Crippen molar-refractivity contribution in [2.75, 3.05) is 0 Å². The lowest BCUT2D eigenvalue weighted by Crippen LogP contribution is -2.56. The number of rotatable bonds is 8. The van der Waals surface area contributed by atoms with Crippen LogP contribution in [0.5, 0.6) is 5.75 Å². The molecule has 0 aromatic heterocycles. The Morgan fingerprint density at radius 2 is 1.67 bits per heavy atom. The Labute approximate surface area is 232 Å². The summed E-state index contributed by atoms with van der Waals surface area (Å²) < 4.78 is 5.49. The van der Waals surface area contributed by atoms with Gasteiger partial charge < -0.3 is 25.4 Å². The fourth-order valence-electron chi connectivity index (χ4n) is 4.58. The van der Waals surface area contributed by atoms with Crippen LogP contribution in [0.15, 0.2) is 48.5 Å². The van der Waals surface area contributed by atoms with Gasteiger partial charge in [0, 0.05) is 18.0 Å². The van der Waals surface area contributed by atoms with Crippen LogP contribution in [-0.4, -0.2) is 51.1 Å². The van der Waals surface area contributed by atoms with Gasteiger partial charge in [-0.1, -0.05) is 43.3 Å². The molecule has 8 nitrogen and oxygen atoms in total. The number of aromatic hydroxyl groups is 1. The summed E-state index contributed by atoms with van der Waals surface area (Å²) in [6.45, 7) is 14.7. The summed E-state index contributed by atoms with van der Waals surface area (Å²) in [4.78, 5) is 42.8. The SMILES string of the molecule is Cc1cc(C(C(=O)NC(C)(C)C)N(C(=O)C(Cc2ccccc2)NC(=O)OC(C)(C)C)C2CC2C)ccc1O. The van der Waals surface area contributed by atoms with Crippen molar-refractivity contribution in [2.45, 2.75) is 97.5 Å². The molecular formula is C31H43N3O5. The second-order valence-corrected chi connectivity index (χ2v) is 12.6. The summed E-state index contributed by atoms with van der Waals surface area (Å²) in [5.41, 5.74) is 0.782. The van der Waals surface area contributed by atoms with Crippen LogP contribution in [0.4, 0.5) is 4.79 Å². The number of phenolic OH excluding ortho intramolecular Hbond substituents is 1. The minimum absolute atomic E-state index is 0.111. The van der Waals surface area contributed by atoms with Gasteiger partial charge >= 0.3 is 6.09 Å². The van der Waals surface area contributed by atoms with Crippen LogP contribution in [0.25, 0.3) is 0 Å². The third kappa shape index (κ3) is 8.47. The van der Waals surface area contributed by atoms with E-state index in [-0.39, 0.29) is 35.9 Å². The lowest BCUT2D eigenvalue weighted by Gasteiger charge is -2.36. The van der Waals surface area contributed by atoms with Crippen LogP contribution in [0.3, 0.4) is 0 Å². The number of hydrogen-bond acceptors (Lipinski definition) is 5. The maximum absolute atomic E-state index is 14.4. The molecule has 0 spiro atoms. The number of carbonyl (C=O) groups excluding carboxylic acids is 3. The Morgan fingerprint density at radius 1 is 1.05 bits per heavy atom. The standard InChI is InChI=1S/C31H43N3O5/c1-19-17-24(19)34(26(27(36)33-30(3,4)5)22-14-15-25(35)20(2)16-22)28(37)23(18-21-12-10-9-11-13-21)32-29(38)39-31(6,7)8/h9-16,19,23-24,26,35H,17-18H2,1-8H3,(H,32,38)(H,33,36). The van der Waals surface area contributed by atoms with Gasteiger partial charge in [-0.3, -0.25) is 9.59 Å². The zero-order valence-electron chi connectivity index (χ0n) is 24.4. The molecule has 4 unspecified atom stereocenters. The number of nitrogens with one attached hydrogen (secondary N) is 2. The number of ether oxygens (including phenoxy) is 1. The summed E-state index contributed by atoms with van der Waals surface area (Å²) in [7, 11) is 0. The van der Waals surface area contributed by atoms with Gasteiger partial charge in [0.05, 0.1) is 0 Å². The summed E-state index contributed by atoms with van der Waals surface area (Å²) in [6, 6.07) is 12.3. The first kappa shape index (κ1) is 30.0. The van der Waals surface area contributed by atoms with Gasteiger partial charge in [0.2, 0.25) is 11.8 Å². The quantitative estimate of drug-likeness (QED) is 0.438. The highest BCUT2D eigenvalue weighted by Gasteiger charge is 2.48. The summed E-state index contributed by atoms with van der Waals surface area (Å²) >= 11 is 0. The molecule has 0 radical (unpaired) electrons. The summed E-state index contributed by atoms with van der Waals surface area (Å²) in [5, 5.41) is 16.0. The second-order valence-electron chi connectivity index (χ2n) is 12.6. The fourth-order valence-corrected chi connectivity index (χ4v) is 4.58. The third-order valence-electron chi connectivity index (χ3n) is 6.51. The zero-order valence-corrected chi connectivity index (χ0v) is 24.4. The molecule has 2 aromatic carbocycles. The molecule has 3 rings (SSSR count). The van der Waals surface area contributed by atoms with Crippen molar-refractivity contribution in [3.8, 4) is 5.75 Å². The van der Waals surface area contributed by atoms with E-state index in [0.29, 0.717) is 11.1 Å². The van der Waals surface area contributed by atoms with Gasteiger partial charge in [-0.15, -0.1) is 0 Å². The van der Waals surface area contributed by atoms with E-state index in [4.69, 9.17) is 4.74 Å². The average Bonchev–Trinajstić information content (AvgIpc) is 3.52. The number of carbonyl (C=O) groups is 3. The number of hydrogen-bond donors (Lipinski definition) is 3. The number of benzene rings is 2. The van der Waals surface area contributed by atoms with E-state index >= 15 is 0 Å². The Morgan fingerprint density at radius 3 is 2.18 bits per heavy atom. The van der Waals surface area contributed by atoms with Gasteiger partial charge in [0.25, 0.3) is 0 Å². The number of alkyl carbamates (subject to hydrolysis) is 1. The maximum atomic E-state index is 14.4. The Balaban J connectivity index is 2.07. The molecule has 1 fully saturated rings. The van der Waals surface area contributed by atoms with E-state index in [1.807, 2.05) is 58.0 Å². The first-order valence-corrected chi connectivity index (χ1v) is 13.5. The van der Waals surface area contributed by atoms with Crippen molar-refractivity contribution < 1.29 is 24.2 Å². The number of phenols is 1. The molecule has 4 atom stereocenters. The van der Waals surface area contributed by atoms with E-state index in [1.54, 1.807) is 50.8 Å². The van der Waals surface area contributed by atoms with Gasteiger partial charge in [-0.2, -0.15) is 0 Å². The number of amides is 3. The highest BCUT2D eigenvalue weighted by molar-refractivity contribution is 5.93. The maximum Gasteiger partial charge on any atom is 0.408 e. The Hall–Kier alpha value is -3.55. The Kier molecular flexibility index (Phi) is 8.98. The van der Waals surface area contributed by atoms with Gasteiger partial charge in [0.15, 0.2) is 0 Å². The van der Waals surface area contributed by atoms with Crippen molar-refractivity contribution in [3.63, 3.8) is 0 Å². The zero-order chi connectivity index (χ0) is 29.1. The van der Waals surface area contributed by atoms with Gasteiger partial charge in [0.1, 0.15) is 23.4 Å². The minimum Gasteiger partial charge on any atom is -0.508 e. The molecule has 3 N–H and O–H groups in total. The number of aryl methyl sites for hydroxylation is 1. The lowest BCUT2D eigenvalue weighted by atomic mass is 9.97. The average molecular weight is 538 g/mol.